The fraction of sp³-hybridized carbons (Fsp3) is 0. The standard InChI is InChI=1S/C14H6BrF2N3O3/c15-6-3-8-9(5-19-14(8)18-4-6)13(21)7-1-2-10(16)12(11(7)17)20(22)23/h1-5H,(H,18,19). The lowest BCUT2D eigenvalue weighted by atomic mass is 10.0. The number of nitro groups is 1. The second kappa shape index (κ2) is 5.51. The molecule has 9 heteroatoms. The summed E-state index contributed by atoms with van der Waals surface area (Å²) in [7, 11) is 0. The first-order valence-electron chi connectivity index (χ1n) is 6.20. The first-order valence-corrected chi connectivity index (χ1v) is 6.99. The minimum Gasteiger partial charge on any atom is -0.345 e. The van der Waals surface area contributed by atoms with Crippen molar-refractivity contribution in [2.45, 2.75) is 0 Å². The van der Waals surface area contributed by atoms with Crippen LogP contribution in [0.2, 0.25) is 0 Å². The van der Waals surface area contributed by atoms with Crippen molar-refractivity contribution in [2.24, 2.45) is 0 Å². The molecular formula is C14H6BrF2N3O3. The van der Waals surface area contributed by atoms with Crippen molar-refractivity contribution in [3.63, 3.8) is 0 Å². The summed E-state index contributed by atoms with van der Waals surface area (Å²) in [6.07, 6.45) is 2.83. The number of rotatable bonds is 3. The Labute approximate surface area is 135 Å². The molecule has 0 saturated heterocycles. The van der Waals surface area contributed by atoms with Crippen molar-refractivity contribution in [3.05, 3.63) is 67.9 Å². The van der Waals surface area contributed by atoms with Crippen LogP contribution in [0.15, 0.2) is 35.1 Å². The van der Waals surface area contributed by atoms with Crippen molar-refractivity contribution in [2.75, 3.05) is 0 Å². The van der Waals surface area contributed by atoms with E-state index in [1.54, 1.807) is 6.07 Å². The predicted octanol–water partition coefficient (Wildman–Crippen LogP) is 3.74. The van der Waals surface area contributed by atoms with E-state index in [0.717, 1.165) is 6.07 Å². The quantitative estimate of drug-likeness (QED) is 0.425. The van der Waals surface area contributed by atoms with Gasteiger partial charge in [-0.2, -0.15) is 8.78 Å². The van der Waals surface area contributed by atoms with Gasteiger partial charge in [-0.25, -0.2) is 4.98 Å². The van der Waals surface area contributed by atoms with Crippen LogP contribution in [0, 0.1) is 21.7 Å². The Hall–Kier alpha value is -2.68. The third-order valence-electron chi connectivity index (χ3n) is 3.24. The van der Waals surface area contributed by atoms with Gasteiger partial charge in [-0.3, -0.25) is 14.9 Å². The van der Waals surface area contributed by atoms with E-state index in [2.05, 4.69) is 25.9 Å². The molecule has 116 valence electrons. The Morgan fingerprint density at radius 1 is 1.30 bits per heavy atom. The van der Waals surface area contributed by atoms with Crippen LogP contribution in [0.25, 0.3) is 11.0 Å². The number of ketones is 1. The number of nitro benzene ring substituents is 1. The summed E-state index contributed by atoms with van der Waals surface area (Å²) < 4.78 is 28.1. The van der Waals surface area contributed by atoms with Crippen molar-refractivity contribution in [1.29, 1.82) is 0 Å². The average Bonchev–Trinajstić information content (AvgIpc) is 2.89. The summed E-state index contributed by atoms with van der Waals surface area (Å²) in [5.74, 6) is -3.65. The van der Waals surface area contributed by atoms with E-state index in [-0.39, 0.29) is 5.56 Å². The molecule has 3 rings (SSSR count). The Morgan fingerprint density at radius 3 is 2.74 bits per heavy atom. The highest BCUT2D eigenvalue weighted by molar-refractivity contribution is 9.10. The molecule has 0 radical (unpaired) electrons. The number of carbonyl (C=O) groups excluding carboxylic acids is 1. The molecule has 0 bridgehead atoms. The van der Waals surface area contributed by atoms with E-state index < -0.39 is 33.6 Å². The van der Waals surface area contributed by atoms with Crippen molar-refractivity contribution < 1.29 is 18.5 Å². The van der Waals surface area contributed by atoms with Crippen molar-refractivity contribution in [1.82, 2.24) is 9.97 Å². The van der Waals surface area contributed by atoms with Gasteiger partial charge < -0.3 is 4.98 Å². The van der Waals surface area contributed by atoms with Gasteiger partial charge >= 0.3 is 5.69 Å². The van der Waals surface area contributed by atoms with E-state index in [1.165, 1.54) is 12.4 Å². The lowest BCUT2D eigenvalue weighted by Crippen LogP contribution is -2.07. The second-order valence-electron chi connectivity index (χ2n) is 4.60. The number of nitrogens with zero attached hydrogens (tertiary/aromatic N) is 2. The third kappa shape index (κ3) is 2.48. The SMILES string of the molecule is O=C(c1ccc(F)c([N+](=O)[O-])c1F)c1c[nH]c2ncc(Br)cc12. The zero-order valence-corrected chi connectivity index (χ0v) is 12.7. The zero-order valence-electron chi connectivity index (χ0n) is 11.1. The number of fused-ring (bicyclic) bond motifs is 1. The summed E-state index contributed by atoms with van der Waals surface area (Å²) in [6, 6.07) is 3.17. The van der Waals surface area contributed by atoms with Crippen molar-refractivity contribution >= 4 is 38.4 Å². The molecule has 0 fully saturated rings. The van der Waals surface area contributed by atoms with E-state index >= 15 is 0 Å². The number of hydrogen-bond acceptors (Lipinski definition) is 4. The number of pyridine rings is 1. The minimum atomic E-state index is -1.50. The van der Waals surface area contributed by atoms with Gasteiger partial charge in [0.25, 0.3) is 0 Å². The van der Waals surface area contributed by atoms with E-state index in [9.17, 15) is 23.7 Å². The summed E-state index contributed by atoms with van der Waals surface area (Å²) in [5, 5.41) is 11.2. The molecule has 3 aromatic rings. The number of halogens is 3. The fourth-order valence-electron chi connectivity index (χ4n) is 2.19. The summed E-state index contributed by atoms with van der Waals surface area (Å²) in [5.41, 5.74) is -1.46. The lowest BCUT2D eigenvalue weighted by molar-refractivity contribution is -0.390. The Kier molecular flexibility index (Phi) is 3.64. The second-order valence-corrected chi connectivity index (χ2v) is 5.51. The van der Waals surface area contributed by atoms with Gasteiger partial charge in [-0.05, 0) is 34.1 Å². The summed E-state index contributed by atoms with van der Waals surface area (Å²) in [4.78, 5) is 28.8. The molecule has 2 heterocycles. The maximum absolute atomic E-state index is 14.2. The van der Waals surface area contributed by atoms with Gasteiger partial charge in [0.2, 0.25) is 11.6 Å². The topological polar surface area (TPSA) is 88.9 Å². The van der Waals surface area contributed by atoms with Gasteiger partial charge in [0.15, 0.2) is 5.78 Å². The number of hydrogen-bond donors (Lipinski definition) is 1. The molecular weight excluding hydrogens is 376 g/mol. The van der Waals surface area contributed by atoms with Crippen LogP contribution < -0.4 is 0 Å². The number of H-pyrrole nitrogens is 1. The number of carbonyl (C=O) groups is 1. The molecule has 0 aliphatic carbocycles. The highest BCUT2D eigenvalue weighted by Crippen LogP contribution is 2.28. The Balaban J connectivity index is 2.19. The molecule has 23 heavy (non-hydrogen) atoms. The average molecular weight is 382 g/mol. The summed E-state index contributed by atoms with van der Waals surface area (Å²) in [6.45, 7) is 0. The van der Waals surface area contributed by atoms with Gasteiger partial charge in [0.05, 0.1) is 10.5 Å². The molecule has 0 unspecified atom stereocenters. The molecule has 0 saturated carbocycles. The first-order chi connectivity index (χ1) is 10.9. The van der Waals surface area contributed by atoms with Gasteiger partial charge in [0, 0.05) is 27.8 Å². The molecule has 1 N–H and O–H groups in total. The first kappa shape index (κ1) is 15.2. The van der Waals surface area contributed by atoms with E-state index in [0.29, 0.717) is 21.6 Å². The van der Waals surface area contributed by atoms with Crippen LogP contribution in [0.3, 0.4) is 0 Å². The normalized spacial score (nSPS) is 10.9. The zero-order chi connectivity index (χ0) is 16.7. The largest absolute Gasteiger partial charge is 0.345 e. The Morgan fingerprint density at radius 2 is 2.04 bits per heavy atom. The van der Waals surface area contributed by atoms with Gasteiger partial charge in [0.1, 0.15) is 5.65 Å². The van der Waals surface area contributed by atoms with E-state index in [1.807, 2.05) is 0 Å². The van der Waals surface area contributed by atoms with Crippen LogP contribution in [-0.2, 0) is 0 Å². The molecule has 6 nitrogen and oxygen atoms in total. The molecule has 0 atom stereocenters. The molecule has 1 aromatic carbocycles. The number of benzene rings is 1. The van der Waals surface area contributed by atoms with Crippen LogP contribution in [0.4, 0.5) is 14.5 Å². The number of aromatic nitrogens is 2. The van der Waals surface area contributed by atoms with Crippen LogP contribution in [-0.4, -0.2) is 20.7 Å². The van der Waals surface area contributed by atoms with Crippen LogP contribution in [0.5, 0.6) is 0 Å². The smallest absolute Gasteiger partial charge is 0.340 e. The fourth-order valence-corrected chi connectivity index (χ4v) is 2.53. The molecule has 0 aliphatic heterocycles. The summed E-state index contributed by atoms with van der Waals surface area (Å²) >= 11 is 3.21. The molecule has 0 spiro atoms. The predicted molar refractivity (Wildman–Crippen MR) is 80.2 cm³/mol. The number of aromatic amines is 1. The maximum atomic E-state index is 14.2. The van der Waals surface area contributed by atoms with Crippen LogP contribution in [0.1, 0.15) is 15.9 Å². The van der Waals surface area contributed by atoms with Gasteiger partial charge in [-0.1, -0.05) is 0 Å². The van der Waals surface area contributed by atoms with E-state index in [4.69, 9.17) is 0 Å². The minimum absolute atomic E-state index is 0.0774. The highest BCUT2D eigenvalue weighted by Gasteiger charge is 2.28. The highest BCUT2D eigenvalue weighted by atomic mass is 79.9. The molecule has 2 aromatic heterocycles. The van der Waals surface area contributed by atoms with Gasteiger partial charge in [-0.15, -0.1) is 0 Å². The monoisotopic (exact) mass is 381 g/mol. The Bertz CT molecular complexity index is 971. The maximum Gasteiger partial charge on any atom is 0.340 e. The van der Waals surface area contributed by atoms with Crippen LogP contribution >= 0.6 is 15.9 Å². The molecule has 0 aliphatic rings. The van der Waals surface area contributed by atoms with Crippen molar-refractivity contribution in [3.8, 4) is 0 Å². The lowest BCUT2D eigenvalue weighted by Gasteiger charge is -2.03. The number of nitrogens with one attached hydrogen (secondary N) is 1. The third-order valence-corrected chi connectivity index (χ3v) is 3.67. The molecule has 0 amide bonds.